The molecule has 1 spiro atoms. The number of aliphatic hydroxyl groups is 1. The van der Waals surface area contributed by atoms with E-state index in [0.717, 1.165) is 80.5 Å². The number of likely N-dealkylation sites (tertiary alicyclic amines) is 1. The van der Waals surface area contributed by atoms with Crippen molar-refractivity contribution in [2.24, 2.45) is 0 Å². The summed E-state index contributed by atoms with van der Waals surface area (Å²) in [6, 6.07) is 2.27. The van der Waals surface area contributed by atoms with Crippen LogP contribution in [0.5, 0.6) is 5.88 Å². The first-order valence-electron chi connectivity index (χ1n) is 12.9. The van der Waals surface area contributed by atoms with Gasteiger partial charge in [-0.15, -0.1) is 0 Å². The second-order valence-corrected chi connectivity index (χ2v) is 11.1. The molecular weight excluding hydrogens is 462 g/mol. The Morgan fingerprint density at radius 3 is 2.86 bits per heavy atom. The van der Waals surface area contributed by atoms with E-state index in [1.165, 1.54) is 18.0 Å². The van der Waals surface area contributed by atoms with E-state index in [1.807, 2.05) is 17.6 Å². The summed E-state index contributed by atoms with van der Waals surface area (Å²) in [6.45, 7) is 3.21. The first kappa shape index (κ1) is 23.1. The van der Waals surface area contributed by atoms with E-state index < -0.39 is 0 Å². The molecule has 3 aliphatic rings. The third-order valence-electron chi connectivity index (χ3n) is 8.35. The Hall–Kier alpha value is -2.36. The monoisotopic (exact) mass is 495 g/mol. The van der Waals surface area contributed by atoms with Crippen molar-refractivity contribution in [2.75, 3.05) is 13.6 Å². The maximum absolute atomic E-state index is 11.0. The third kappa shape index (κ3) is 4.07. The molecule has 1 saturated carbocycles. The smallest absolute Gasteiger partial charge is 0.217 e. The molecule has 2 fully saturated rings. The van der Waals surface area contributed by atoms with Gasteiger partial charge in [0.15, 0.2) is 11.5 Å². The van der Waals surface area contributed by atoms with Gasteiger partial charge in [-0.05, 0) is 77.0 Å². The third-order valence-corrected chi connectivity index (χ3v) is 8.93. The molecule has 8 nitrogen and oxygen atoms in total. The quantitative estimate of drug-likeness (QED) is 0.547. The fourth-order valence-corrected chi connectivity index (χ4v) is 6.98. The highest BCUT2D eigenvalue weighted by molar-refractivity contribution is 7.03. The summed E-state index contributed by atoms with van der Waals surface area (Å²) < 4.78 is 16.7. The van der Waals surface area contributed by atoms with Gasteiger partial charge in [-0.3, -0.25) is 4.90 Å². The van der Waals surface area contributed by atoms with Gasteiger partial charge >= 0.3 is 0 Å². The Kier molecular flexibility index (Phi) is 6.10. The Bertz CT molecular complexity index is 1180. The fourth-order valence-electron chi connectivity index (χ4n) is 6.45. The van der Waals surface area contributed by atoms with Crippen LogP contribution in [0.25, 0.3) is 22.8 Å². The highest BCUT2D eigenvalue weighted by atomic mass is 32.1. The minimum absolute atomic E-state index is 0.00517. The second-order valence-electron chi connectivity index (χ2n) is 10.5. The standard InChI is InChI=1S/C26H33N5O3S/c1-16(20-8-6-12-31(20)2)33-22-13-19(17-14-27-35-15-17)28-25(29-22)23-18-7-5-11-26(24(18)34-30-23)10-4-3-9-21(26)32/h13-16,20-21,32H,3-12H2,1-2H3/t16-,20-,21?,26+/m0/s1. The number of hydrogen-bond acceptors (Lipinski definition) is 9. The van der Waals surface area contributed by atoms with Gasteiger partial charge < -0.3 is 14.4 Å². The summed E-state index contributed by atoms with van der Waals surface area (Å²) in [5.41, 5.74) is 3.11. The maximum Gasteiger partial charge on any atom is 0.217 e. The zero-order chi connectivity index (χ0) is 24.0. The van der Waals surface area contributed by atoms with Crippen LogP contribution in [0, 0.1) is 0 Å². The van der Waals surface area contributed by atoms with Crippen LogP contribution in [0.2, 0.25) is 0 Å². The molecule has 4 atom stereocenters. The Morgan fingerprint density at radius 1 is 1.20 bits per heavy atom. The van der Waals surface area contributed by atoms with Crippen LogP contribution >= 0.6 is 11.5 Å². The number of likely N-dealkylation sites (N-methyl/N-ethyl adjacent to an activating group) is 1. The number of aliphatic hydroxyl groups excluding tert-OH is 1. The van der Waals surface area contributed by atoms with E-state index in [2.05, 4.69) is 28.4 Å². The predicted octanol–water partition coefficient (Wildman–Crippen LogP) is 4.63. The maximum atomic E-state index is 11.0. The first-order chi connectivity index (χ1) is 17.0. The Morgan fingerprint density at radius 2 is 2.09 bits per heavy atom. The van der Waals surface area contributed by atoms with Crippen molar-refractivity contribution in [2.45, 2.75) is 88.4 Å². The van der Waals surface area contributed by atoms with Crippen LogP contribution in [-0.2, 0) is 11.8 Å². The Balaban J connectivity index is 1.39. The zero-order valence-corrected chi connectivity index (χ0v) is 21.3. The molecule has 4 heterocycles. The first-order valence-corrected chi connectivity index (χ1v) is 13.7. The molecule has 1 saturated heterocycles. The number of rotatable bonds is 5. The molecule has 3 aromatic heterocycles. The SMILES string of the molecule is C[C@H](Oc1cc(-c2cnsc2)nc(-c2noc3c2CCC[C@@]32CCCCC2O)n1)[C@@H]1CCCN1C. The van der Waals surface area contributed by atoms with E-state index >= 15 is 0 Å². The summed E-state index contributed by atoms with van der Waals surface area (Å²) in [5, 5.41) is 17.5. The number of nitrogens with zero attached hydrogens (tertiary/aromatic N) is 5. The van der Waals surface area contributed by atoms with E-state index in [9.17, 15) is 5.11 Å². The van der Waals surface area contributed by atoms with Crippen molar-refractivity contribution in [3.05, 3.63) is 29.0 Å². The van der Waals surface area contributed by atoms with Crippen molar-refractivity contribution < 1.29 is 14.4 Å². The van der Waals surface area contributed by atoms with Crippen molar-refractivity contribution in [3.8, 4) is 28.7 Å². The van der Waals surface area contributed by atoms with Gasteiger partial charge in [-0.25, -0.2) is 9.36 Å². The second kappa shape index (κ2) is 9.26. The van der Waals surface area contributed by atoms with Crippen LogP contribution < -0.4 is 4.74 Å². The zero-order valence-electron chi connectivity index (χ0n) is 20.4. The van der Waals surface area contributed by atoms with E-state index in [4.69, 9.17) is 19.2 Å². The molecule has 9 heteroatoms. The van der Waals surface area contributed by atoms with Crippen molar-refractivity contribution in [3.63, 3.8) is 0 Å². The van der Waals surface area contributed by atoms with Crippen molar-refractivity contribution >= 4 is 11.5 Å². The minimum Gasteiger partial charge on any atom is -0.473 e. The molecule has 2 aliphatic carbocycles. The minimum atomic E-state index is -0.386. The van der Waals surface area contributed by atoms with Gasteiger partial charge in [0.05, 0.1) is 23.4 Å². The average Bonchev–Trinajstić information content (AvgIpc) is 3.62. The summed E-state index contributed by atoms with van der Waals surface area (Å²) >= 11 is 1.40. The Labute approximate surface area is 209 Å². The molecule has 0 radical (unpaired) electrons. The predicted molar refractivity (Wildman–Crippen MR) is 133 cm³/mol. The highest BCUT2D eigenvalue weighted by Crippen LogP contribution is 2.49. The van der Waals surface area contributed by atoms with Crippen LogP contribution in [0.3, 0.4) is 0 Å². The van der Waals surface area contributed by atoms with Crippen LogP contribution in [0.15, 0.2) is 22.2 Å². The van der Waals surface area contributed by atoms with E-state index in [1.54, 1.807) is 0 Å². The van der Waals surface area contributed by atoms with Crippen LogP contribution in [0.4, 0.5) is 0 Å². The molecule has 35 heavy (non-hydrogen) atoms. The molecule has 1 unspecified atom stereocenters. The molecule has 0 bridgehead atoms. The number of aromatic nitrogens is 4. The molecule has 1 N–H and O–H groups in total. The number of ether oxygens (including phenoxy) is 1. The molecule has 0 aromatic carbocycles. The topological polar surface area (TPSA) is 97.4 Å². The van der Waals surface area contributed by atoms with Gasteiger partial charge in [-0.2, -0.15) is 4.98 Å². The average molecular weight is 496 g/mol. The summed E-state index contributed by atoms with van der Waals surface area (Å²) in [4.78, 5) is 12.1. The largest absolute Gasteiger partial charge is 0.473 e. The normalized spacial score (nSPS) is 27.7. The lowest BCUT2D eigenvalue weighted by Gasteiger charge is -2.42. The van der Waals surface area contributed by atoms with Gasteiger partial charge in [-0.1, -0.05) is 18.0 Å². The lowest BCUT2D eigenvalue weighted by molar-refractivity contribution is 0.0149. The number of hydrogen-bond donors (Lipinski definition) is 1. The lowest BCUT2D eigenvalue weighted by Crippen LogP contribution is -2.44. The molecular formula is C26H33N5O3S. The number of fused-ring (bicyclic) bond motifs is 2. The summed E-state index contributed by atoms with van der Waals surface area (Å²) in [7, 11) is 2.16. The lowest BCUT2D eigenvalue weighted by atomic mass is 9.63. The van der Waals surface area contributed by atoms with Crippen molar-refractivity contribution in [1.82, 2.24) is 24.4 Å². The molecule has 186 valence electrons. The van der Waals surface area contributed by atoms with Gasteiger partial charge in [0.2, 0.25) is 5.88 Å². The fraction of sp³-hybridized carbons (Fsp3) is 0.615. The van der Waals surface area contributed by atoms with Gasteiger partial charge in [0, 0.05) is 28.6 Å². The van der Waals surface area contributed by atoms with Crippen LogP contribution in [-0.4, -0.2) is 61.3 Å². The van der Waals surface area contributed by atoms with Gasteiger partial charge in [0.1, 0.15) is 11.9 Å². The molecule has 1 aliphatic heterocycles. The van der Waals surface area contributed by atoms with Crippen molar-refractivity contribution in [1.29, 1.82) is 0 Å². The molecule has 0 amide bonds. The van der Waals surface area contributed by atoms with Crippen LogP contribution in [0.1, 0.15) is 69.6 Å². The van der Waals surface area contributed by atoms with E-state index in [-0.39, 0.29) is 17.6 Å². The summed E-state index contributed by atoms with van der Waals surface area (Å²) in [6.07, 6.45) is 10.5. The van der Waals surface area contributed by atoms with Gasteiger partial charge in [0.25, 0.3) is 0 Å². The summed E-state index contributed by atoms with van der Waals surface area (Å²) in [5.74, 6) is 1.91. The highest BCUT2D eigenvalue weighted by Gasteiger charge is 2.48. The van der Waals surface area contributed by atoms with E-state index in [0.29, 0.717) is 23.4 Å². The molecule has 6 rings (SSSR count). The molecule has 3 aromatic rings.